The molecule has 190 valence electrons. The number of hydrogen-bond donors (Lipinski definition) is 1. The minimum atomic E-state index is -4.02. The third-order valence-corrected chi connectivity index (χ3v) is 7.82. The zero-order valence-electron chi connectivity index (χ0n) is 20.2. The fraction of sp³-hybridized carbons (Fsp3) is 0.185. The van der Waals surface area contributed by atoms with Gasteiger partial charge >= 0.3 is 0 Å². The smallest absolute Gasteiger partial charge is 0.261 e. The second-order valence-corrected chi connectivity index (χ2v) is 10.2. The second-order valence-electron chi connectivity index (χ2n) is 8.44. The fourth-order valence-electron chi connectivity index (χ4n) is 4.52. The number of rotatable bonds is 9. The predicted octanol–water partition coefficient (Wildman–Crippen LogP) is 3.77. The van der Waals surface area contributed by atoms with Gasteiger partial charge in [0.25, 0.3) is 11.8 Å². The number of amides is 2. The third-order valence-electron chi connectivity index (χ3n) is 6.33. The first-order valence-corrected chi connectivity index (χ1v) is 13.0. The standard InChI is InChI=1S/C27H24N2O7S/c1-34-22-14-18(24(15-23(22)35-2)37(32,33)28-16-19-8-5-13-36-19)11-12-29-26(30)20-9-3-6-17-7-4-10-21(25(17)20)27(29)31/h3-10,13-15,28H,11-12,16H2,1-2H3. The predicted molar refractivity (Wildman–Crippen MR) is 135 cm³/mol. The number of nitrogens with zero attached hydrogens (tertiary/aromatic N) is 1. The molecular formula is C27H24N2O7S. The maximum atomic E-state index is 13.3. The molecule has 0 radical (unpaired) electrons. The van der Waals surface area contributed by atoms with Crippen LogP contribution in [0.15, 0.2) is 76.2 Å². The quantitative estimate of drug-likeness (QED) is 0.334. The summed E-state index contributed by atoms with van der Waals surface area (Å²) in [5.41, 5.74) is 1.24. The summed E-state index contributed by atoms with van der Waals surface area (Å²) in [6.07, 6.45) is 1.53. The molecule has 1 aliphatic rings. The normalized spacial score (nSPS) is 13.3. The monoisotopic (exact) mass is 520 g/mol. The molecule has 0 unspecified atom stereocenters. The van der Waals surface area contributed by atoms with Crippen molar-refractivity contribution in [1.82, 2.24) is 9.62 Å². The van der Waals surface area contributed by atoms with Gasteiger partial charge in [0.05, 0.1) is 31.9 Å². The lowest BCUT2D eigenvalue weighted by Crippen LogP contribution is -2.41. The Hall–Kier alpha value is -4.15. The van der Waals surface area contributed by atoms with E-state index < -0.39 is 21.8 Å². The van der Waals surface area contributed by atoms with E-state index >= 15 is 0 Å². The van der Waals surface area contributed by atoms with E-state index in [0.29, 0.717) is 33.6 Å². The van der Waals surface area contributed by atoms with Gasteiger partial charge in [-0.25, -0.2) is 13.1 Å². The number of benzene rings is 3. The Balaban J connectivity index is 1.47. The molecule has 4 aromatic rings. The van der Waals surface area contributed by atoms with Gasteiger partial charge in [-0.2, -0.15) is 0 Å². The maximum Gasteiger partial charge on any atom is 0.261 e. The minimum Gasteiger partial charge on any atom is -0.493 e. The second kappa shape index (κ2) is 9.72. The number of sulfonamides is 1. The van der Waals surface area contributed by atoms with Crippen LogP contribution in [0, 0.1) is 0 Å². The number of furan rings is 1. The Morgan fingerprint density at radius 2 is 1.54 bits per heavy atom. The number of imide groups is 1. The van der Waals surface area contributed by atoms with Crippen LogP contribution < -0.4 is 14.2 Å². The highest BCUT2D eigenvalue weighted by molar-refractivity contribution is 7.89. The van der Waals surface area contributed by atoms with E-state index in [1.165, 1.54) is 26.5 Å². The van der Waals surface area contributed by atoms with Crippen molar-refractivity contribution in [2.75, 3.05) is 20.8 Å². The summed E-state index contributed by atoms with van der Waals surface area (Å²) >= 11 is 0. The van der Waals surface area contributed by atoms with Gasteiger partial charge in [0.1, 0.15) is 5.76 Å². The van der Waals surface area contributed by atoms with E-state index in [-0.39, 0.29) is 30.2 Å². The molecule has 0 aliphatic carbocycles. The topological polar surface area (TPSA) is 115 Å². The van der Waals surface area contributed by atoms with Crippen LogP contribution in [0.4, 0.5) is 0 Å². The first kappa shape index (κ1) is 24.5. The summed E-state index contributed by atoms with van der Waals surface area (Å²) in [5.74, 6) is 0.164. The molecule has 1 N–H and O–H groups in total. The summed E-state index contributed by atoms with van der Waals surface area (Å²) < 4.78 is 45.0. The summed E-state index contributed by atoms with van der Waals surface area (Å²) in [4.78, 5) is 27.7. The van der Waals surface area contributed by atoms with Crippen LogP contribution in [0.2, 0.25) is 0 Å². The van der Waals surface area contributed by atoms with Crippen molar-refractivity contribution >= 4 is 32.6 Å². The molecule has 0 saturated carbocycles. The van der Waals surface area contributed by atoms with Crippen molar-refractivity contribution < 1.29 is 31.9 Å². The summed E-state index contributed by atoms with van der Waals surface area (Å²) in [6, 6.07) is 16.9. The Morgan fingerprint density at radius 3 is 2.14 bits per heavy atom. The molecule has 9 nitrogen and oxygen atoms in total. The number of hydrogen-bond acceptors (Lipinski definition) is 7. The Labute approximate surface area is 213 Å². The van der Waals surface area contributed by atoms with Crippen LogP contribution in [0.1, 0.15) is 32.0 Å². The Bertz CT molecular complexity index is 1560. The van der Waals surface area contributed by atoms with E-state index in [9.17, 15) is 18.0 Å². The first-order chi connectivity index (χ1) is 17.8. The average Bonchev–Trinajstić information content (AvgIpc) is 3.44. The van der Waals surface area contributed by atoms with Gasteiger partial charge in [0, 0.05) is 29.1 Å². The van der Waals surface area contributed by atoms with Crippen molar-refractivity contribution in [3.8, 4) is 11.5 Å². The number of carbonyl (C=O) groups excluding carboxylic acids is 2. The first-order valence-electron chi connectivity index (χ1n) is 11.5. The lowest BCUT2D eigenvalue weighted by atomic mass is 9.94. The van der Waals surface area contributed by atoms with Gasteiger partial charge in [-0.3, -0.25) is 14.5 Å². The molecule has 5 rings (SSSR count). The SMILES string of the molecule is COc1cc(CCN2C(=O)c3cccc4cccc(c34)C2=O)c(S(=O)(=O)NCc2ccco2)cc1OC. The zero-order chi connectivity index (χ0) is 26.2. The Morgan fingerprint density at radius 1 is 0.892 bits per heavy atom. The molecule has 37 heavy (non-hydrogen) atoms. The van der Waals surface area contributed by atoms with E-state index in [2.05, 4.69) is 4.72 Å². The lowest BCUT2D eigenvalue weighted by molar-refractivity contribution is 0.0612. The third kappa shape index (κ3) is 4.45. The van der Waals surface area contributed by atoms with Crippen LogP contribution in [0.5, 0.6) is 11.5 Å². The molecular weight excluding hydrogens is 496 g/mol. The average molecular weight is 521 g/mol. The van der Waals surface area contributed by atoms with Crippen molar-refractivity contribution in [1.29, 1.82) is 0 Å². The molecule has 2 amide bonds. The summed E-state index contributed by atoms with van der Waals surface area (Å²) in [7, 11) is -1.16. The van der Waals surface area contributed by atoms with Gasteiger partial charge in [-0.1, -0.05) is 24.3 Å². The van der Waals surface area contributed by atoms with Crippen LogP contribution in [0.25, 0.3) is 10.8 Å². The van der Waals surface area contributed by atoms with E-state index in [1.807, 2.05) is 12.1 Å². The summed E-state index contributed by atoms with van der Waals surface area (Å²) in [6.45, 7) is -0.0778. The van der Waals surface area contributed by atoms with Gasteiger partial charge in [0.15, 0.2) is 11.5 Å². The van der Waals surface area contributed by atoms with E-state index in [4.69, 9.17) is 13.9 Å². The molecule has 2 heterocycles. The molecule has 0 saturated heterocycles. The number of carbonyl (C=O) groups is 2. The van der Waals surface area contributed by atoms with Crippen LogP contribution >= 0.6 is 0 Å². The molecule has 1 aliphatic heterocycles. The van der Waals surface area contributed by atoms with Crippen LogP contribution in [-0.2, 0) is 23.0 Å². The highest BCUT2D eigenvalue weighted by Crippen LogP contribution is 2.34. The number of nitrogens with one attached hydrogen (secondary N) is 1. The van der Waals surface area contributed by atoms with Crippen LogP contribution in [0.3, 0.4) is 0 Å². The lowest BCUT2D eigenvalue weighted by Gasteiger charge is -2.27. The van der Waals surface area contributed by atoms with Gasteiger partial charge in [-0.05, 0) is 47.7 Å². The van der Waals surface area contributed by atoms with E-state index in [0.717, 1.165) is 10.3 Å². The molecule has 10 heteroatoms. The zero-order valence-corrected chi connectivity index (χ0v) is 21.0. The molecule has 0 atom stereocenters. The van der Waals surface area contributed by atoms with Gasteiger partial charge in [0.2, 0.25) is 10.0 Å². The van der Waals surface area contributed by atoms with Crippen molar-refractivity contribution in [2.45, 2.75) is 17.9 Å². The van der Waals surface area contributed by atoms with E-state index in [1.54, 1.807) is 42.5 Å². The largest absolute Gasteiger partial charge is 0.493 e. The fourth-order valence-corrected chi connectivity index (χ4v) is 5.78. The molecule has 0 fully saturated rings. The highest BCUT2D eigenvalue weighted by atomic mass is 32.2. The van der Waals surface area contributed by atoms with Crippen molar-refractivity contribution in [3.05, 3.63) is 89.4 Å². The molecule has 0 spiro atoms. The molecule has 0 bridgehead atoms. The Kier molecular flexibility index (Phi) is 6.45. The molecule has 1 aromatic heterocycles. The van der Waals surface area contributed by atoms with Crippen molar-refractivity contribution in [2.24, 2.45) is 0 Å². The van der Waals surface area contributed by atoms with Crippen molar-refractivity contribution in [3.63, 3.8) is 0 Å². The maximum absolute atomic E-state index is 13.3. The van der Waals surface area contributed by atoms with Gasteiger partial charge < -0.3 is 13.9 Å². The van der Waals surface area contributed by atoms with Crippen LogP contribution in [-0.4, -0.2) is 45.9 Å². The highest BCUT2D eigenvalue weighted by Gasteiger charge is 2.33. The molecule has 3 aromatic carbocycles. The number of methoxy groups -OCH3 is 2. The minimum absolute atomic E-state index is 0.0292. The summed E-state index contributed by atoms with van der Waals surface area (Å²) in [5, 5.41) is 1.44. The van der Waals surface area contributed by atoms with Gasteiger partial charge in [-0.15, -0.1) is 0 Å². The number of ether oxygens (including phenoxy) is 2.